The number of para-hydroxylation sites is 1. The van der Waals surface area contributed by atoms with Gasteiger partial charge in [-0.15, -0.1) is 0 Å². The number of nitrogens with zero attached hydrogens (tertiary/aromatic N) is 1. The molecule has 0 saturated carbocycles. The van der Waals surface area contributed by atoms with Gasteiger partial charge in [0, 0.05) is 17.1 Å². The lowest BCUT2D eigenvalue weighted by molar-refractivity contribution is 0.769. The van der Waals surface area contributed by atoms with Crippen molar-refractivity contribution in [1.29, 1.82) is 0 Å². The van der Waals surface area contributed by atoms with Crippen molar-refractivity contribution in [3.8, 4) is 44.5 Å². The summed E-state index contributed by atoms with van der Waals surface area (Å²) in [5.41, 5.74) is 17.8. The lowest BCUT2D eigenvalue weighted by atomic mass is 9.67. The second-order valence-corrected chi connectivity index (χ2v) is 14.5. The highest BCUT2D eigenvalue weighted by Gasteiger charge is 2.46. The Morgan fingerprint density at radius 1 is 0.250 bits per heavy atom. The summed E-state index contributed by atoms with van der Waals surface area (Å²) in [5, 5.41) is 0. The summed E-state index contributed by atoms with van der Waals surface area (Å²) in [5.74, 6) is 0. The van der Waals surface area contributed by atoms with Gasteiger partial charge >= 0.3 is 0 Å². The van der Waals surface area contributed by atoms with Crippen LogP contribution in [0.3, 0.4) is 0 Å². The van der Waals surface area contributed by atoms with Crippen molar-refractivity contribution >= 4 is 17.1 Å². The van der Waals surface area contributed by atoms with E-state index in [0.29, 0.717) is 0 Å². The normalized spacial score (nSPS) is 12.4. The van der Waals surface area contributed by atoms with E-state index in [-0.39, 0.29) is 0 Å². The molecule has 9 aromatic rings. The SMILES string of the molecule is c1ccc(-c2ccc(N(c3ccccc3)c3ccc(-c4cc5c(cc4-c4ccccc4)C(c4ccccc4)(c4ccccc4)c4ccccc4-5)cc3)cc2)cc1. The minimum Gasteiger partial charge on any atom is -0.311 e. The van der Waals surface area contributed by atoms with Crippen molar-refractivity contribution in [3.63, 3.8) is 0 Å². The van der Waals surface area contributed by atoms with E-state index in [4.69, 9.17) is 0 Å². The lowest BCUT2D eigenvalue weighted by Gasteiger charge is -2.34. The molecule has 0 spiro atoms. The van der Waals surface area contributed by atoms with Crippen LogP contribution in [0.4, 0.5) is 17.1 Å². The third-order valence-corrected chi connectivity index (χ3v) is 11.4. The Labute approximate surface area is 329 Å². The van der Waals surface area contributed by atoms with Gasteiger partial charge in [0.05, 0.1) is 5.41 Å². The average Bonchev–Trinajstić information content (AvgIpc) is 3.58. The number of hydrogen-bond acceptors (Lipinski definition) is 1. The molecule has 0 radical (unpaired) electrons. The Balaban J connectivity index is 1.14. The molecule has 0 heterocycles. The van der Waals surface area contributed by atoms with Crippen LogP contribution in [-0.2, 0) is 5.41 Å². The molecule has 9 aromatic carbocycles. The summed E-state index contributed by atoms with van der Waals surface area (Å²) >= 11 is 0. The van der Waals surface area contributed by atoms with Crippen molar-refractivity contribution in [2.75, 3.05) is 4.90 Å². The first-order valence-corrected chi connectivity index (χ1v) is 19.3. The highest BCUT2D eigenvalue weighted by atomic mass is 15.1. The maximum Gasteiger partial charge on any atom is 0.0713 e. The average molecular weight is 714 g/mol. The summed E-state index contributed by atoms with van der Waals surface area (Å²) < 4.78 is 0. The van der Waals surface area contributed by atoms with Crippen LogP contribution in [-0.4, -0.2) is 0 Å². The number of fused-ring (bicyclic) bond motifs is 3. The largest absolute Gasteiger partial charge is 0.311 e. The highest BCUT2D eigenvalue weighted by Crippen LogP contribution is 2.58. The predicted molar refractivity (Wildman–Crippen MR) is 235 cm³/mol. The first-order chi connectivity index (χ1) is 27.8. The summed E-state index contributed by atoms with van der Waals surface area (Å²) in [6.45, 7) is 0. The second-order valence-electron chi connectivity index (χ2n) is 14.5. The summed E-state index contributed by atoms with van der Waals surface area (Å²) in [6, 6.07) is 86.1. The van der Waals surface area contributed by atoms with E-state index in [0.717, 1.165) is 17.1 Å². The van der Waals surface area contributed by atoms with Gasteiger partial charge in [-0.25, -0.2) is 0 Å². The van der Waals surface area contributed by atoms with Gasteiger partial charge in [-0.05, 0) is 115 Å². The summed E-state index contributed by atoms with van der Waals surface area (Å²) in [7, 11) is 0. The van der Waals surface area contributed by atoms with Crippen LogP contribution in [0.2, 0.25) is 0 Å². The molecule has 1 heteroatoms. The Morgan fingerprint density at radius 2 is 0.643 bits per heavy atom. The molecular formula is C55H39N. The van der Waals surface area contributed by atoms with Gasteiger partial charge in [-0.2, -0.15) is 0 Å². The molecule has 0 fully saturated rings. The van der Waals surface area contributed by atoms with Crippen molar-refractivity contribution in [1.82, 2.24) is 0 Å². The van der Waals surface area contributed by atoms with Gasteiger partial charge in [0.15, 0.2) is 0 Å². The fraction of sp³-hybridized carbons (Fsp3) is 0.0182. The molecule has 0 amide bonds. The van der Waals surface area contributed by atoms with E-state index in [1.165, 1.54) is 66.8 Å². The van der Waals surface area contributed by atoms with E-state index in [9.17, 15) is 0 Å². The van der Waals surface area contributed by atoms with Crippen LogP contribution < -0.4 is 4.90 Å². The van der Waals surface area contributed by atoms with Gasteiger partial charge < -0.3 is 4.90 Å². The predicted octanol–water partition coefficient (Wildman–Crippen LogP) is 14.5. The fourth-order valence-corrected chi connectivity index (χ4v) is 8.83. The first kappa shape index (κ1) is 33.4. The minimum atomic E-state index is -0.466. The molecule has 0 aromatic heterocycles. The van der Waals surface area contributed by atoms with Crippen molar-refractivity contribution in [2.24, 2.45) is 0 Å². The topological polar surface area (TPSA) is 3.24 Å². The van der Waals surface area contributed by atoms with Gasteiger partial charge in [0.2, 0.25) is 0 Å². The van der Waals surface area contributed by atoms with Crippen molar-refractivity contribution in [2.45, 2.75) is 5.41 Å². The van der Waals surface area contributed by atoms with Crippen LogP contribution in [0.25, 0.3) is 44.5 Å². The lowest BCUT2D eigenvalue weighted by Crippen LogP contribution is -2.28. The van der Waals surface area contributed by atoms with E-state index in [1.54, 1.807) is 0 Å². The quantitative estimate of drug-likeness (QED) is 0.152. The van der Waals surface area contributed by atoms with Crippen molar-refractivity contribution in [3.05, 3.63) is 259 Å². The molecule has 1 aliphatic carbocycles. The molecule has 0 N–H and O–H groups in total. The molecule has 0 unspecified atom stereocenters. The van der Waals surface area contributed by atoms with E-state index >= 15 is 0 Å². The molecule has 1 aliphatic rings. The molecule has 0 atom stereocenters. The van der Waals surface area contributed by atoms with Gasteiger partial charge in [-0.3, -0.25) is 0 Å². The number of anilines is 3. The zero-order chi connectivity index (χ0) is 37.3. The van der Waals surface area contributed by atoms with Crippen LogP contribution in [0.15, 0.2) is 237 Å². The monoisotopic (exact) mass is 713 g/mol. The molecular weight excluding hydrogens is 675 g/mol. The first-order valence-electron chi connectivity index (χ1n) is 19.3. The highest BCUT2D eigenvalue weighted by molar-refractivity contribution is 5.95. The summed E-state index contributed by atoms with van der Waals surface area (Å²) in [6.07, 6.45) is 0. The number of benzene rings is 9. The van der Waals surface area contributed by atoms with E-state index < -0.39 is 5.41 Å². The Kier molecular flexibility index (Phi) is 8.46. The zero-order valence-electron chi connectivity index (χ0n) is 31.0. The van der Waals surface area contributed by atoms with Crippen molar-refractivity contribution < 1.29 is 0 Å². The molecule has 1 nitrogen and oxygen atoms in total. The Hall–Kier alpha value is -7.22. The summed E-state index contributed by atoms with van der Waals surface area (Å²) in [4.78, 5) is 2.34. The second kappa shape index (κ2) is 14.2. The Morgan fingerprint density at radius 3 is 1.21 bits per heavy atom. The number of rotatable bonds is 8. The van der Waals surface area contributed by atoms with E-state index in [1.807, 2.05) is 0 Å². The van der Waals surface area contributed by atoms with Crippen LogP contribution >= 0.6 is 0 Å². The van der Waals surface area contributed by atoms with Gasteiger partial charge in [-0.1, -0.05) is 188 Å². The van der Waals surface area contributed by atoms with Crippen LogP contribution in [0.5, 0.6) is 0 Å². The Bertz CT molecular complexity index is 2700. The smallest absolute Gasteiger partial charge is 0.0713 e. The minimum absolute atomic E-state index is 0.466. The maximum absolute atomic E-state index is 2.48. The standard InChI is InChI=1S/C55H39N/c1-6-18-40(19-7-1)41-30-34-47(35-31-41)56(46-26-14-5-15-27-46)48-36-32-43(33-37-48)50-38-52-49-28-16-17-29-53(49)55(44-22-10-3-11-23-44,45-24-12-4-13-25-45)54(52)39-51(50)42-20-8-2-9-21-42/h1-39H. The third kappa shape index (κ3) is 5.65. The molecule has 10 rings (SSSR count). The number of hydrogen-bond donors (Lipinski definition) is 0. The third-order valence-electron chi connectivity index (χ3n) is 11.4. The molecule has 0 bridgehead atoms. The van der Waals surface area contributed by atoms with Gasteiger partial charge in [0.25, 0.3) is 0 Å². The molecule has 264 valence electrons. The zero-order valence-corrected chi connectivity index (χ0v) is 31.0. The molecule has 56 heavy (non-hydrogen) atoms. The van der Waals surface area contributed by atoms with Crippen LogP contribution in [0.1, 0.15) is 22.3 Å². The van der Waals surface area contributed by atoms with E-state index in [2.05, 4.69) is 241 Å². The van der Waals surface area contributed by atoms with Crippen LogP contribution in [0, 0.1) is 0 Å². The fourth-order valence-electron chi connectivity index (χ4n) is 8.83. The van der Waals surface area contributed by atoms with Gasteiger partial charge in [0.1, 0.15) is 0 Å². The molecule has 0 aliphatic heterocycles. The molecule has 0 saturated heterocycles. The maximum atomic E-state index is 2.48.